The van der Waals surface area contributed by atoms with Crippen LogP contribution in [0.1, 0.15) is 38.5 Å². The van der Waals surface area contributed by atoms with E-state index in [-0.39, 0.29) is 0 Å². The van der Waals surface area contributed by atoms with Crippen LogP contribution >= 0.6 is 0 Å². The van der Waals surface area contributed by atoms with Crippen molar-refractivity contribution in [2.75, 3.05) is 20.3 Å². The molecule has 0 amide bonds. The van der Waals surface area contributed by atoms with Crippen LogP contribution < -0.4 is 0 Å². The zero-order chi connectivity index (χ0) is 11.6. The molecule has 4 nitrogen and oxygen atoms in total. The summed E-state index contributed by atoms with van der Waals surface area (Å²) in [7, 11) is 1.67. The maximum atomic E-state index is 11.6. The zero-order valence-electron chi connectivity index (χ0n) is 9.95. The maximum absolute atomic E-state index is 11.6. The van der Waals surface area contributed by atoms with Gasteiger partial charge in [-0.3, -0.25) is 9.69 Å². The van der Waals surface area contributed by atoms with E-state index in [9.17, 15) is 9.90 Å². The van der Waals surface area contributed by atoms with Gasteiger partial charge < -0.3 is 9.84 Å². The summed E-state index contributed by atoms with van der Waals surface area (Å²) >= 11 is 0. The number of methoxy groups -OCH3 is 1. The van der Waals surface area contributed by atoms with Gasteiger partial charge in [0.1, 0.15) is 5.54 Å². The van der Waals surface area contributed by atoms with Crippen LogP contribution in [0.25, 0.3) is 0 Å². The fraction of sp³-hybridized carbons (Fsp3) is 0.917. The minimum Gasteiger partial charge on any atom is -0.480 e. The van der Waals surface area contributed by atoms with Crippen molar-refractivity contribution in [3.05, 3.63) is 0 Å². The summed E-state index contributed by atoms with van der Waals surface area (Å²) in [6, 6.07) is 0.490. The highest BCUT2D eigenvalue weighted by Gasteiger charge is 2.50. The molecule has 2 rings (SSSR count). The minimum atomic E-state index is -0.631. The number of carboxylic acid groups (broad SMARTS) is 1. The van der Waals surface area contributed by atoms with Crippen molar-refractivity contribution >= 4 is 5.97 Å². The molecule has 0 bridgehead atoms. The van der Waals surface area contributed by atoms with Gasteiger partial charge in [-0.2, -0.15) is 0 Å². The van der Waals surface area contributed by atoms with E-state index in [0.717, 1.165) is 45.1 Å². The Labute approximate surface area is 96.6 Å². The number of hydrogen-bond donors (Lipinski definition) is 1. The van der Waals surface area contributed by atoms with Crippen molar-refractivity contribution < 1.29 is 14.6 Å². The lowest BCUT2D eigenvalue weighted by atomic mass is 9.94. The molecule has 0 spiro atoms. The molecular weight excluding hydrogens is 206 g/mol. The Hall–Kier alpha value is -0.610. The monoisotopic (exact) mass is 227 g/mol. The molecule has 0 aromatic rings. The molecule has 0 heterocycles. The third kappa shape index (κ3) is 2.09. The second-order valence-electron chi connectivity index (χ2n) is 4.96. The second-order valence-corrected chi connectivity index (χ2v) is 4.96. The zero-order valence-corrected chi connectivity index (χ0v) is 9.95. The number of aliphatic carboxylic acids is 1. The van der Waals surface area contributed by atoms with E-state index in [2.05, 4.69) is 4.90 Å². The first-order valence-electron chi connectivity index (χ1n) is 6.20. The van der Waals surface area contributed by atoms with Crippen LogP contribution in [0.2, 0.25) is 0 Å². The van der Waals surface area contributed by atoms with Crippen molar-refractivity contribution in [2.24, 2.45) is 0 Å². The Kier molecular flexibility index (Phi) is 3.50. The lowest BCUT2D eigenvalue weighted by Gasteiger charge is -2.38. The van der Waals surface area contributed by atoms with Crippen molar-refractivity contribution in [1.82, 2.24) is 4.90 Å². The van der Waals surface area contributed by atoms with Gasteiger partial charge in [0, 0.05) is 19.7 Å². The maximum Gasteiger partial charge on any atom is 0.324 e. The molecule has 2 saturated carbocycles. The van der Waals surface area contributed by atoms with Crippen molar-refractivity contribution in [3.63, 3.8) is 0 Å². The molecule has 0 atom stereocenters. The van der Waals surface area contributed by atoms with Gasteiger partial charge in [-0.25, -0.2) is 0 Å². The van der Waals surface area contributed by atoms with Crippen LogP contribution in [-0.4, -0.2) is 47.8 Å². The van der Waals surface area contributed by atoms with Crippen molar-refractivity contribution in [3.8, 4) is 0 Å². The average Bonchev–Trinajstić information content (AvgIpc) is 2.96. The third-order valence-electron chi connectivity index (χ3n) is 3.90. The highest BCUT2D eigenvalue weighted by Crippen LogP contribution is 2.41. The molecule has 0 saturated heterocycles. The first-order valence-corrected chi connectivity index (χ1v) is 6.20. The van der Waals surface area contributed by atoms with Gasteiger partial charge in [0.25, 0.3) is 0 Å². The second kappa shape index (κ2) is 4.72. The SMILES string of the molecule is COCCN(C1CC1)C1(C(=O)O)CCCC1. The van der Waals surface area contributed by atoms with Crippen LogP contribution in [0.4, 0.5) is 0 Å². The predicted molar refractivity (Wildman–Crippen MR) is 60.4 cm³/mol. The molecule has 0 aliphatic heterocycles. The molecular formula is C12H21NO3. The first-order chi connectivity index (χ1) is 7.70. The molecule has 0 radical (unpaired) electrons. The fourth-order valence-corrected chi connectivity index (χ4v) is 2.91. The van der Waals surface area contributed by atoms with Gasteiger partial charge in [0.15, 0.2) is 0 Å². The quantitative estimate of drug-likeness (QED) is 0.747. The van der Waals surface area contributed by atoms with E-state index in [1.807, 2.05) is 0 Å². The smallest absolute Gasteiger partial charge is 0.324 e. The summed E-state index contributed by atoms with van der Waals surface area (Å²) in [6.07, 6.45) is 6.01. The highest BCUT2D eigenvalue weighted by atomic mass is 16.5. The van der Waals surface area contributed by atoms with Crippen LogP contribution in [-0.2, 0) is 9.53 Å². The number of ether oxygens (including phenoxy) is 1. The standard InChI is InChI=1S/C12H21NO3/c1-16-9-8-13(10-4-5-10)12(11(14)15)6-2-3-7-12/h10H,2-9H2,1H3,(H,14,15). The van der Waals surface area contributed by atoms with E-state index in [1.165, 1.54) is 0 Å². The average molecular weight is 227 g/mol. The van der Waals surface area contributed by atoms with E-state index in [4.69, 9.17) is 4.74 Å². The van der Waals surface area contributed by atoms with E-state index < -0.39 is 11.5 Å². The number of rotatable bonds is 6. The van der Waals surface area contributed by atoms with Gasteiger partial charge in [0.05, 0.1) is 6.61 Å². The normalized spacial score (nSPS) is 23.9. The van der Waals surface area contributed by atoms with E-state index in [1.54, 1.807) is 7.11 Å². The first kappa shape index (κ1) is 11.9. The fourth-order valence-electron chi connectivity index (χ4n) is 2.91. The summed E-state index contributed by atoms with van der Waals surface area (Å²) in [6.45, 7) is 1.39. The Morgan fingerprint density at radius 3 is 2.50 bits per heavy atom. The third-order valence-corrected chi connectivity index (χ3v) is 3.90. The summed E-state index contributed by atoms with van der Waals surface area (Å²) in [5.41, 5.74) is -0.584. The van der Waals surface area contributed by atoms with E-state index in [0.29, 0.717) is 12.6 Å². The van der Waals surface area contributed by atoms with Gasteiger partial charge in [-0.05, 0) is 25.7 Å². The number of carbonyl (C=O) groups is 1. The lowest BCUT2D eigenvalue weighted by Crippen LogP contribution is -2.54. The van der Waals surface area contributed by atoms with E-state index >= 15 is 0 Å². The Balaban J connectivity index is 2.11. The molecule has 2 aliphatic rings. The molecule has 2 aliphatic carbocycles. The Bertz CT molecular complexity index is 257. The molecule has 2 fully saturated rings. The van der Waals surface area contributed by atoms with Gasteiger partial charge in [-0.15, -0.1) is 0 Å². The van der Waals surface area contributed by atoms with Crippen molar-refractivity contribution in [2.45, 2.75) is 50.1 Å². The Morgan fingerprint density at radius 1 is 1.44 bits per heavy atom. The summed E-state index contributed by atoms with van der Waals surface area (Å²) in [4.78, 5) is 13.8. The molecule has 0 aromatic heterocycles. The number of carboxylic acids is 1. The molecule has 4 heteroatoms. The van der Waals surface area contributed by atoms with Gasteiger partial charge in [0.2, 0.25) is 0 Å². The summed E-state index contributed by atoms with van der Waals surface area (Å²) < 4.78 is 5.10. The topological polar surface area (TPSA) is 49.8 Å². The molecule has 0 aromatic carbocycles. The van der Waals surface area contributed by atoms with Crippen LogP contribution in [0.5, 0.6) is 0 Å². The van der Waals surface area contributed by atoms with Gasteiger partial charge >= 0.3 is 5.97 Å². The highest BCUT2D eigenvalue weighted by molar-refractivity contribution is 5.79. The molecule has 16 heavy (non-hydrogen) atoms. The minimum absolute atomic E-state index is 0.490. The van der Waals surface area contributed by atoms with Crippen LogP contribution in [0.3, 0.4) is 0 Å². The van der Waals surface area contributed by atoms with Crippen LogP contribution in [0, 0.1) is 0 Å². The van der Waals surface area contributed by atoms with Crippen molar-refractivity contribution in [1.29, 1.82) is 0 Å². The predicted octanol–water partition coefficient (Wildman–Crippen LogP) is 1.49. The summed E-state index contributed by atoms with van der Waals surface area (Å²) in [5, 5.41) is 9.53. The Morgan fingerprint density at radius 2 is 2.06 bits per heavy atom. The number of hydrogen-bond acceptors (Lipinski definition) is 3. The number of nitrogens with zero attached hydrogens (tertiary/aromatic N) is 1. The summed E-state index contributed by atoms with van der Waals surface area (Å²) in [5.74, 6) is -0.631. The largest absolute Gasteiger partial charge is 0.480 e. The molecule has 92 valence electrons. The lowest BCUT2D eigenvalue weighted by molar-refractivity contribution is -0.152. The molecule has 1 N–H and O–H groups in total. The van der Waals surface area contributed by atoms with Crippen LogP contribution in [0.15, 0.2) is 0 Å². The molecule has 0 unspecified atom stereocenters. The van der Waals surface area contributed by atoms with Gasteiger partial charge in [-0.1, -0.05) is 12.8 Å².